The number of alkyl halides is 3. The van der Waals surface area contributed by atoms with Gasteiger partial charge in [0.15, 0.2) is 0 Å². The first-order valence-electron chi connectivity index (χ1n) is 7.96. The van der Waals surface area contributed by atoms with Crippen LogP contribution >= 0.6 is 0 Å². The summed E-state index contributed by atoms with van der Waals surface area (Å²) >= 11 is 0. The molecule has 23 heavy (non-hydrogen) atoms. The van der Waals surface area contributed by atoms with Crippen LogP contribution in [0.4, 0.5) is 13.2 Å². The second-order valence-corrected chi connectivity index (χ2v) is 5.73. The predicted molar refractivity (Wildman–Crippen MR) is 85.9 cm³/mol. The maximum Gasteiger partial charge on any atom is 0.416 e. The summed E-state index contributed by atoms with van der Waals surface area (Å²) in [7, 11) is 0. The van der Waals surface area contributed by atoms with Crippen LogP contribution < -0.4 is 5.56 Å². The number of nitrogens with zero attached hydrogens (tertiary/aromatic N) is 1. The average Bonchev–Trinajstić information content (AvgIpc) is 2.49. The number of halogens is 3. The van der Waals surface area contributed by atoms with Gasteiger partial charge >= 0.3 is 6.18 Å². The summed E-state index contributed by atoms with van der Waals surface area (Å²) in [6, 6.07) is 0.625. The summed E-state index contributed by atoms with van der Waals surface area (Å²) in [5.74, 6) is 0. The third kappa shape index (κ3) is 4.81. The fourth-order valence-electron chi connectivity index (χ4n) is 2.66. The average molecular weight is 326 g/mol. The third-order valence-corrected chi connectivity index (χ3v) is 3.87. The van der Waals surface area contributed by atoms with E-state index in [1.807, 2.05) is 0 Å². The summed E-state index contributed by atoms with van der Waals surface area (Å²) < 4.78 is 39.3. The van der Waals surface area contributed by atoms with E-state index >= 15 is 0 Å². The molecule has 1 N–H and O–H groups in total. The van der Waals surface area contributed by atoms with Crippen LogP contribution in [0.3, 0.4) is 0 Å². The summed E-state index contributed by atoms with van der Waals surface area (Å²) in [4.78, 5) is 18.2. The zero-order valence-corrected chi connectivity index (χ0v) is 13.2. The molecule has 0 saturated heterocycles. The molecule has 0 radical (unpaired) electrons. The lowest BCUT2D eigenvalue weighted by molar-refractivity contribution is -0.138. The van der Waals surface area contributed by atoms with Gasteiger partial charge in [-0.05, 0) is 24.1 Å². The van der Waals surface area contributed by atoms with E-state index in [2.05, 4.69) is 16.9 Å². The molecular weight excluding hydrogens is 305 g/mol. The van der Waals surface area contributed by atoms with Gasteiger partial charge in [-0.2, -0.15) is 13.2 Å². The molecule has 2 rings (SSSR count). The molecule has 1 aromatic heterocycles. The van der Waals surface area contributed by atoms with Gasteiger partial charge in [-0.25, -0.2) is 0 Å². The zero-order chi connectivity index (χ0) is 16.9. The SMILES string of the molecule is CCCCCCCN=C1C=Cc2[nH]c(=O)cc(C(F)(F)F)c2C1. The first-order chi connectivity index (χ1) is 10.9. The Bertz CT molecular complexity index is 657. The number of aromatic nitrogens is 1. The highest BCUT2D eigenvalue weighted by molar-refractivity contribution is 6.02. The molecule has 0 fully saturated rings. The Morgan fingerprint density at radius 3 is 2.61 bits per heavy atom. The largest absolute Gasteiger partial charge is 0.416 e. The molecule has 0 aromatic carbocycles. The number of rotatable bonds is 6. The molecule has 3 nitrogen and oxygen atoms in total. The molecule has 0 saturated carbocycles. The maximum atomic E-state index is 13.1. The van der Waals surface area contributed by atoms with Crippen LogP contribution in [0, 0.1) is 0 Å². The van der Waals surface area contributed by atoms with Gasteiger partial charge in [0, 0.05) is 30.4 Å². The van der Waals surface area contributed by atoms with Gasteiger partial charge in [0.2, 0.25) is 5.56 Å². The lowest BCUT2D eigenvalue weighted by Crippen LogP contribution is -2.22. The van der Waals surface area contributed by atoms with Crippen LogP contribution in [-0.4, -0.2) is 17.2 Å². The van der Waals surface area contributed by atoms with E-state index in [0.717, 1.165) is 12.8 Å². The minimum atomic E-state index is -4.53. The number of aliphatic imine (C=N–C) groups is 1. The van der Waals surface area contributed by atoms with Crippen molar-refractivity contribution in [3.8, 4) is 0 Å². The number of allylic oxidation sites excluding steroid dienone is 1. The predicted octanol–water partition coefficient (Wildman–Crippen LogP) is 4.37. The highest BCUT2D eigenvalue weighted by Gasteiger charge is 2.35. The van der Waals surface area contributed by atoms with Crippen molar-refractivity contribution < 1.29 is 13.2 Å². The molecule has 0 atom stereocenters. The van der Waals surface area contributed by atoms with Crippen LogP contribution in [-0.2, 0) is 12.6 Å². The van der Waals surface area contributed by atoms with E-state index in [0.29, 0.717) is 18.3 Å². The number of hydrogen-bond donors (Lipinski definition) is 1. The number of pyridine rings is 1. The fraction of sp³-hybridized carbons (Fsp3) is 0.529. The van der Waals surface area contributed by atoms with Crippen LogP contribution in [0.25, 0.3) is 6.08 Å². The van der Waals surface area contributed by atoms with Gasteiger partial charge in [0.1, 0.15) is 0 Å². The van der Waals surface area contributed by atoms with Gasteiger partial charge < -0.3 is 4.98 Å². The number of H-pyrrole nitrogens is 1. The van der Waals surface area contributed by atoms with Crippen molar-refractivity contribution in [1.29, 1.82) is 0 Å². The second-order valence-electron chi connectivity index (χ2n) is 5.73. The zero-order valence-electron chi connectivity index (χ0n) is 13.2. The molecule has 0 aliphatic heterocycles. The molecule has 0 amide bonds. The first-order valence-corrected chi connectivity index (χ1v) is 7.96. The Hall–Kier alpha value is -1.85. The molecule has 0 spiro atoms. The minimum Gasteiger partial charge on any atom is -0.322 e. The second kappa shape index (κ2) is 7.62. The Kier molecular flexibility index (Phi) is 5.80. The van der Waals surface area contributed by atoms with E-state index in [9.17, 15) is 18.0 Å². The van der Waals surface area contributed by atoms with Gasteiger partial charge in [-0.3, -0.25) is 9.79 Å². The van der Waals surface area contributed by atoms with Gasteiger partial charge in [-0.1, -0.05) is 32.6 Å². The van der Waals surface area contributed by atoms with Crippen LogP contribution in [0.2, 0.25) is 0 Å². The number of nitrogens with one attached hydrogen (secondary N) is 1. The van der Waals surface area contributed by atoms with Crippen molar-refractivity contribution in [3.63, 3.8) is 0 Å². The number of fused-ring (bicyclic) bond motifs is 1. The standard InChI is InChI=1S/C17H21F3N2O/c1-2-3-4-5-6-9-21-12-7-8-15-13(10-12)14(17(18,19)20)11-16(23)22-15/h7-8,11H,2-6,9-10H2,1H3,(H,22,23). The van der Waals surface area contributed by atoms with Crippen molar-refractivity contribution in [2.75, 3.05) is 6.54 Å². The molecule has 0 bridgehead atoms. The maximum absolute atomic E-state index is 13.1. The summed E-state index contributed by atoms with van der Waals surface area (Å²) in [5, 5.41) is 0. The Morgan fingerprint density at radius 1 is 1.17 bits per heavy atom. The van der Waals surface area contributed by atoms with E-state index in [-0.39, 0.29) is 17.7 Å². The Balaban J connectivity index is 2.10. The quantitative estimate of drug-likeness (QED) is 0.775. The highest BCUT2D eigenvalue weighted by atomic mass is 19.4. The lowest BCUT2D eigenvalue weighted by atomic mass is 9.95. The fourth-order valence-corrected chi connectivity index (χ4v) is 2.66. The van der Waals surface area contributed by atoms with E-state index in [4.69, 9.17) is 0 Å². The molecular formula is C17H21F3N2O. The summed E-state index contributed by atoms with van der Waals surface area (Å²) in [6.07, 6.45) is 4.34. The molecule has 1 aliphatic carbocycles. The molecule has 1 aromatic rings. The molecule has 1 heterocycles. The van der Waals surface area contributed by atoms with Crippen molar-refractivity contribution in [3.05, 3.63) is 39.3 Å². The van der Waals surface area contributed by atoms with E-state index < -0.39 is 17.3 Å². The topological polar surface area (TPSA) is 45.2 Å². The first kappa shape index (κ1) is 17.5. The van der Waals surface area contributed by atoms with Crippen LogP contribution in [0.5, 0.6) is 0 Å². The van der Waals surface area contributed by atoms with Crippen LogP contribution in [0.15, 0.2) is 21.9 Å². The normalized spacial score (nSPS) is 15.9. The summed E-state index contributed by atoms with van der Waals surface area (Å²) in [5.41, 5.74) is -0.644. The van der Waals surface area contributed by atoms with E-state index in [1.54, 1.807) is 6.08 Å². The Morgan fingerprint density at radius 2 is 1.91 bits per heavy atom. The van der Waals surface area contributed by atoms with Gasteiger partial charge in [-0.15, -0.1) is 0 Å². The smallest absolute Gasteiger partial charge is 0.322 e. The lowest BCUT2D eigenvalue weighted by Gasteiger charge is -2.18. The minimum absolute atomic E-state index is 0.101. The molecule has 0 unspecified atom stereocenters. The Labute approximate surface area is 133 Å². The van der Waals surface area contributed by atoms with Gasteiger partial charge in [0.05, 0.1) is 5.56 Å². The number of hydrogen-bond acceptors (Lipinski definition) is 2. The van der Waals surface area contributed by atoms with Crippen molar-refractivity contribution in [2.24, 2.45) is 4.99 Å². The van der Waals surface area contributed by atoms with Crippen molar-refractivity contribution in [2.45, 2.75) is 51.6 Å². The molecule has 6 heteroatoms. The van der Waals surface area contributed by atoms with E-state index in [1.165, 1.54) is 25.3 Å². The van der Waals surface area contributed by atoms with Crippen molar-refractivity contribution in [1.82, 2.24) is 4.98 Å². The molecule has 1 aliphatic rings. The number of aromatic amines is 1. The van der Waals surface area contributed by atoms with Crippen molar-refractivity contribution >= 4 is 11.8 Å². The van der Waals surface area contributed by atoms with Gasteiger partial charge in [0.25, 0.3) is 0 Å². The third-order valence-electron chi connectivity index (χ3n) is 3.87. The summed E-state index contributed by atoms with van der Waals surface area (Å²) in [6.45, 7) is 2.77. The highest BCUT2D eigenvalue weighted by Crippen LogP contribution is 2.33. The number of unbranched alkanes of at least 4 members (excludes halogenated alkanes) is 4. The monoisotopic (exact) mass is 326 g/mol. The molecule has 126 valence electrons. The van der Waals surface area contributed by atoms with Crippen LogP contribution in [0.1, 0.15) is 55.8 Å².